The topological polar surface area (TPSA) is 49.9 Å². The Bertz CT molecular complexity index is 834. The van der Waals surface area contributed by atoms with E-state index >= 15 is 0 Å². The maximum absolute atomic E-state index is 13.3. The third-order valence-corrected chi connectivity index (χ3v) is 6.53. The molecule has 154 valence electrons. The molecule has 2 aliphatic rings. The molecule has 2 amide bonds. The molecule has 2 aromatic rings. The standard InChI is InChI=1S/C22H25FN2O3S/c23-17-9-7-16(8-10-17)21(26)25(18-4-1-2-5-18)15-19-14-24(11-12-28-19)22(27)20-6-3-13-29-20/h3,6-10,13,18-19H,1-2,4-5,11-12,14-15H2. The lowest BCUT2D eigenvalue weighted by Crippen LogP contribution is -2.52. The Hall–Kier alpha value is -2.25. The predicted octanol–water partition coefficient (Wildman–Crippen LogP) is 3.81. The predicted molar refractivity (Wildman–Crippen MR) is 110 cm³/mol. The van der Waals surface area contributed by atoms with Gasteiger partial charge >= 0.3 is 0 Å². The van der Waals surface area contributed by atoms with E-state index < -0.39 is 0 Å². The summed E-state index contributed by atoms with van der Waals surface area (Å²) in [5.74, 6) is -0.430. The molecule has 0 spiro atoms. The van der Waals surface area contributed by atoms with Crippen LogP contribution in [0.5, 0.6) is 0 Å². The van der Waals surface area contributed by atoms with Gasteiger partial charge in [-0.05, 0) is 48.6 Å². The van der Waals surface area contributed by atoms with E-state index in [4.69, 9.17) is 4.74 Å². The van der Waals surface area contributed by atoms with Gasteiger partial charge in [-0.15, -0.1) is 11.3 Å². The van der Waals surface area contributed by atoms with E-state index in [0.29, 0.717) is 31.8 Å². The summed E-state index contributed by atoms with van der Waals surface area (Å²) in [4.78, 5) is 30.3. The number of ether oxygens (including phenoxy) is 1. The van der Waals surface area contributed by atoms with Gasteiger partial charge < -0.3 is 14.5 Å². The van der Waals surface area contributed by atoms with E-state index in [2.05, 4.69) is 0 Å². The molecule has 1 saturated heterocycles. The summed E-state index contributed by atoms with van der Waals surface area (Å²) in [5.41, 5.74) is 0.487. The molecule has 2 heterocycles. The van der Waals surface area contributed by atoms with E-state index in [0.717, 1.165) is 30.6 Å². The molecule has 29 heavy (non-hydrogen) atoms. The molecule has 1 aromatic carbocycles. The first-order chi connectivity index (χ1) is 14.1. The van der Waals surface area contributed by atoms with Crippen molar-refractivity contribution in [1.82, 2.24) is 9.80 Å². The molecular weight excluding hydrogens is 391 g/mol. The fourth-order valence-electron chi connectivity index (χ4n) is 4.16. The fraction of sp³-hybridized carbons (Fsp3) is 0.455. The number of rotatable bonds is 5. The second-order valence-electron chi connectivity index (χ2n) is 7.62. The molecule has 5 nitrogen and oxygen atoms in total. The van der Waals surface area contributed by atoms with Crippen LogP contribution in [-0.2, 0) is 4.74 Å². The van der Waals surface area contributed by atoms with E-state index in [1.54, 1.807) is 0 Å². The van der Waals surface area contributed by atoms with Crippen LogP contribution < -0.4 is 0 Å². The number of carbonyl (C=O) groups is 2. The van der Waals surface area contributed by atoms with E-state index in [9.17, 15) is 14.0 Å². The van der Waals surface area contributed by atoms with Crippen molar-refractivity contribution in [3.8, 4) is 0 Å². The highest BCUT2D eigenvalue weighted by Gasteiger charge is 2.33. The second-order valence-corrected chi connectivity index (χ2v) is 8.57. The Morgan fingerprint density at radius 3 is 2.62 bits per heavy atom. The zero-order chi connectivity index (χ0) is 20.2. The molecule has 1 aliphatic heterocycles. The Balaban J connectivity index is 1.47. The van der Waals surface area contributed by atoms with Crippen LogP contribution in [-0.4, -0.2) is 60.0 Å². The van der Waals surface area contributed by atoms with Crippen LogP contribution in [0.15, 0.2) is 41.8 Å². The average Bonchev–Trinajstić information content (AvgIpc) is 3.46. The van der Waals surface area contributed by atoms with Gasteiger partial charge in [0, 0.05) is 31.2 Å². The smallest absolute Gasteiger partial charge is 0.264 e. The minimum absolute atomic E-state index is 0.0191. The van der Waals surface area contributed by atoms with Crippen molar-refractivity contribution in [2.45, 2.75) is 37.8 Å². The van der Waals surface area contributed by atoms with Crippen LogP contribution in [0, 0.1) is 5.82 Å². The number of carbonyl (C=O) groups excluding carboxylic acids is 2. The molecule has 0 bridgehead atoms. The van der Waals surface area contributed by atoms with Crippen molar-refractivity contribution in [3.63, 3.8) is 0 Å². The maximum Gasteiger partial charge on any atom is 0.264 e. The Morgan fingerprint density at radius 2 is 1.93 bits per heavy atom. The third-order valence-electron chi connectivity index (χ3n) is 5.68. The van der Waals surface area contributed by atoms with Gasteiger partial charge in [-0.1, -0.05) is 18.9 Å². The zero-order valence-corrected chi connectivity index (χ0v) is 17.1. The summed E-state index contributed by atoms with van der Waals surface area (Å²) in [6.45, 7) is 1.93. The number of amides is 2. The van der Waals surface area contributed by atoms with E-state index in [-0.39, 0.29) is 29.8 Å². The van der Waals surface area contributed by atoms with Crippen LogP contribution in [0.2, 0.25) is 0 Å². The van der Waals surface area contributed by atoms with Crippen molar-refractivity contribution < 1.29 is 18.7 Å². The summed E-state index contributed by atoms with van der Waals surface area (Å²) < 4.78 is 19.2. The quantitative estimate of drug-likeness (QED) is 0.745. The van der Waals surface area contributed by atoms with Crippen molar-refractivity contribution >= 4 is 23.2 Å². The minimum Gasteiger partial charge on any atom is -0.373 e. The molecule has 4 rings (SSSR count). The number of nitrogens with zero attached hydrogens (tertiary/aromatic N) is 2. The lowest BCUT2D eigenvalue weighted by molar-refractivity contribution is -0.0369. The first-order valence-electron chi connectivity index (χ1n) is 10.1. The van der Waals surface area contributed by atoms with Crippen molar-refractivity contribution in [1.29, 1.82) is 0 Å². The number of hydrogen-bond donors (Lipinski definition) is 0. The largest absolute Gasteiger partial charge is 0.373 e. The number of halogens is 1. The molecular formula is C22H25FN2O3S. The van der Waals surface area contributed by atoms with Gasteiger partial charge in [0.1, 0.15) is 5.82 Å². The number of morpholine rings is 1. The van der Waals surface area contributed by atoms with Crippen LogP contribution in [0.1, 0.15) is 45.7 Å². The van der Waals surface area contributed by atoms with Gasteiger partial charge in [0.05, 0.1) is 17.6 Å². The van der Waals surface area contributed by atoms with Gasteiger partial charge in [0.15, 0.2) is 0 Å². The minimum atomic E-state index is -0.354. The molecule has 2 fully saturated rings. The highest BCUT2D eigenvalue weighted by atomic mass is 32.1. The lowest BCUT2D eigenvalue weighted by atomic mass is 10.1. The Labute approximate surface area is 174 Å². The zero-order valence-electron chi connectivity index (χ0n) is 16.3. The monoisotopic (exact) mass is 416 g/mol. The first-order valence-corrected chi connectivity index (χ1v) is 11.0. The van der Waals surface area contributed by atoms with Gasteiger partial charge in [0.25, 0.3) is 11.8 Å². The normalized spacial score (nSPS) is 20.0. The highest BCUT2D eigenvalue weighted by Crippen LogP contribution is 2.26. The van der Waals surface area contributed by atoms with E-state index in [1.165, 1.54) is 35.6 Å². The average molecular weight is 417 g/mol. The molecule has 1 aliphatic carbocycles. The molecule has 1 saturated carbocycles. The summed E-state index contributed by atoms with van der Waals surface area (Å²) in [5, 5.41) is 1.90. The van der Waals surface area contributed by atoms with Gasteiger partial charge in [-0.25, -0.2) is 4.39 Å². The van der Waals surface area contributed by atoms with Crippen LogP contribution >= 0.6 is 11.3 Å². The maximum atomic E-state index is 13.3. The SMILES string of the molecule is O=C(c1cccs1)N1CCOC(CN(C(=O)c2ccc(F)cc2)C2CCCC2)C1. The fourth-order valence-corrected chi connectivity index (χ4v) is 4.85. The lowest BCUT2D eigenvalue weighted by Gasteiger charge is -2.37. The molecule has 7 heteroatoms. The number of benzene rings is 1. The third kappa shape index (κ3) is 4.67. The molecule has 1 unspecified atom stereocenters. The van der Waals surface area contributed by atoms with Crippen molar-refractivity contribution in [3.05, 3.63) is 58.0 Å². The van der Waals surface area contributed by atoms with Crippen LogP contribution in [0.3, 0.4) is 0 Å². The molecule has 1 aromatic heterocycles. The Morgan fingerprint density at radius 1 is 1.17 bits per heavy atom. The number of hydrogen-bond acceptors (Lipinski definition) is 4. The van der Waals surface area contributed by atoms with Crippen LogP contribution in [0.4, 0.5) is 4.39 Å². The van der Waals surface area contributed by atoms with E-state index in [1.807, 2.05) is 27.3 Å². The molecule has 1 atom stereocenters. The molecule has 0 N–H and O–H groups in total. The van der Waals surface area contributed by atoms with Gasteiger partial charge in [-0.2, -0.15) is 0 Å². The van der Waals surface area contributed by atoms with Gasteiger partial charge in [0.2, 0.25) is 0 Å². The summed E-state index contributed by atoms with van der Waals surface area (Å²) in [6, 6.07) is 9.58. The van der Waals surface area contributed by atoms with Crippen LogP contribution in [0.25, 0.3) is 0 Å². The number of thiophene rings is 1. The highest BCUT2D eigenvalue weighted by molar-refractivity contribution is 7.12. The van der Waals surface area contributed by atoms with Crippen molar-refractivity contribution in [2.75, 3.05) is 26.2 Å². The summed E-state index contributed by atoms with van der Waals surface area (Å²) in [6.07, 6.45) is 3.92. The first kappa shape index (κ1) is 20.0. The molecule has 0 radical (unpaired) electrons. The van der Waals surface area contributed by atoms with Crippen molar-refractivity contribution in [2.24, 2.45) is 0 Å². The Kier molecular flexibility index (Phi) is 6.25. The second kappa shape index (κ2) is 9.05. The van der Waals surface area contributed by atoms with Gasteiger partial charge in [-0.3, -0.25) is 9.59 Å². The summed E-state index contributed by atoms with van der Waals surface area (Å²) in [7, 11) is 0. The summed E-state index contributed by atoms with van der Waals surface area (Å²) >= 11 is 1.44.